The molecule has 37 heavy (non-hydrogen) atoms. The van der Waals surface area contributed by atoms with E-state index in [1.54, 1.807) is 0 Å². The summed E-state index contributed by atoms with van der Waals surface area (Å²) >= 11 is 0. The molecule has 0 atom stereocenters. The molecule has 3 aromatic rings. The molecule has 0 saturated carbocycles. The van der Waals surface area contributed by atoms with Gasteiger partial charge < -0.3 is 14.8 Å². The number of benzene rings is 2. The van der Waals surface area contributed by atoms with Gasteiger partial charge in [-0.05, 0) is 24.3 Å². The van der Waals surface area contributed by atoms with Crippen LogP contribution in [0.25, 0.3) is 0 Å². The molecule has 16 heteroatoms. The number of nitro groups is 2. The van der Waals surface area contributed by atoms with E-state index in [0.29, 0.717) is 0 Å². The first-order valence-electron chi connectivity index (χ1n) is 10.0. The predicted octanol–water partition coefficient (Wildman–Crippen LogP) is 2.37. The smallest absolute Gasteiger partial charge is 0.355 e. The number of methoxy groups -OCH3 is 2. The highest BCUT2D eigenvalue weighted by atomic mass is 16.6. The number of carbonyl (C=O) groups is 3. The number of non-ortho nitro benzene ring substituents is 1. The molecule has 1 heterocycles. The summed E-state index contributed by atoms with van der Waals surface area (Å²) < 4.78 is 9.32. The van der Waals surface area contributed by atoms with Crippen molar-refractivity contribution in [1.82, 2.24) is 15.4 Å². The topological polar surface area (TPSA) is 218 Å². The summed E-state index contributed by atoms with van der Waals surface area (Å²) in [6.07, 6.45) is 0.947. The Balaban J connectivity index is 1.91. The lowest BCUT2D eigenvalue weighted by Gasteiger charge is -2.12. The molecule has 16 nitrogen and oxygen atoms in total. The molecule has 0 aliphatic carbocycles. The van der Waals surface area contributed by atoms with Gasteiger partial charge >= 0.3 is 17.6 Å². The molecule has 0 saturated heterocycles. The number of carbonyl (C=O) groups excluding carboxylic acids is 3. The Labute approximate surface area is 206 Å². The summed E-state index contributed by atoms with van der Waals surface area (Å²) in [4.78, 5) is 65.2. The molecular weight excluding hydrogens is 494 g/mol. The van der Waals surface area contributed by atoms with E-state index in [4.69, 9.17) is 0 Å². The maximum absolute atomic E-state index is 12.4. The highest BCUT2D eigenvalue weighted by molar-refractivity contribution is 5.98. The van der Waals surface area contributed by atoms with Crippen LogP contribution >= 0.6 is 0 Å². The first-order valence-corrected chi connectivity index (χ1v) is 10.0. The first-order chi connectivity index (χ1) is 17.6. The third kappa shape index (κ3) is 6.07. The maximum atomic E-state index is 12.4. The third-order valence-corrected chi connectivity index (χ3v) is 4.66. The molecule has 0 aliphatic heterocycles. The van der Waals surface area contributed by atoms with Crippen LogP contribution in [0.15, 0.2) is 48.8 Å². The van der Waals surface area contributed by atoms with Gasteiger partial charge in [0.15, 0.2) is 0 Å². The Bertz CT molecular complexity index is 1380. The molecular formula is C21H17N7O9. The number of esters is 2. The summed E-state index contributed by atoms with van der Waals surface area (Å²) in [6.45, 7) is 0. The fraction of sp³-hybridized carbons (Fsp3) is 0.0952. The van der Waals surface area contributed by atoms with Crippen molar-refractivity contribution in [3.05, 3.63) is 85.7 Å². The minimum Gasteiger partial charge on any atom is -0.465 e. The number of nitrogens with one attached hydrogen (secondary N) is 3. The minimum absolute atomic E-state index is 0.0489. The Kier molecular flexibility index (Phi) is 7.83. The molecule has 0 unspecified atom stereocenters. The Morgan fingerprint density at radius 3 is 2.03 bits per heavy atom. The molecule has 1 aromatic heterocycles. The van der Waals surface area contributed by atoms with Crippen molar-refractivity contribution >= 4 is 46.5 Å². The second-order valence-electron chi connectivity index (χ2n) is 6.97. The van der Waals surface area contributed by atoms with Crippen LogP contribution in [0.1, 0.15) is 31.1 Å². The summed E-state index contributed by atoms with van der Waals surface area (Å²) in [5.74, 6) is -3.18. The van der Waals surface area contributed by atoms with Gasteiger partial charge in [0.05, 0.1) is 35.2 Å². The van der Waals surface area contributed by atoms with Crippen LogP contribution < -0.4 is 16.2 Å². The lowest BCUT2D eigenvalue weighted by atomic mass is 10.1. The number of hydrazine groups is 1. The van der Waals surface area contributed by atoms with Gasteiger partial charge in [-0.1, -0.05) is 6.07 Å². The average Bonchev–Trinajstić information content (AvgIpc) is 2.90. The summed E-state index contributed by atoms with van der Waals surface area (Å²) in [7, 11) is 2.27. The van der Waals surface area contributed by atoms with E-state index in [9.17, 15) is 34.6 Å². The third-order valence-electron chi connectivity index (χ3n) is 4.66. The Hall–Kier alpha value is -5.67. The van der Waals surface area contributed by atoms with Crippen molar-refractivity contribution < 1.29 is 33.7 Å². The van der Waals surface area contributed by atoms with Gasteiger partial charge in [0.1, 0.15) is 6.33 Å². The molecule has 0 bridgehead atoms. The number of hydrogen-bond donors (Lipinski definition) is 3. The molecule has 0 radical (unpaired) electrons. The van der Waals surface area contributed by atoms with E-state index >= 15 is 0 Å². The van der Waals surface area contributed by atoms with Gasteiger partial charge in [-0.25, -0.2) is 19.6 Å². The molecule has 0 fully saturated rings. The van der Waals surface area contributed by atoms with Crippen LogP contribution in [-0.2, 0) is 9.47 Å². The summed E-state index contributed by atoms with van der Waals surface area (Å²) in [5.41, 5.74) is 3.30. The fourth-order valence-corrected chi connectivity index (χ4v) is 2.99. The maximum Gasteiger partial charge on any atom is 0.355 e. The second-order valence-corrected chi connectivity index (χ2v) is 6.97. The van der Waals surface area contributed by atoms with Crippen molar-refractivity contribution in [3.8, 4) is 0 Å². The van der Waals surface area contributed by atoms with Crippen LogP contribution in [0.4, 0.5) is 28.7 Å². The molecule has 2 aromatic carbocycles. The van der Waals surface area contributed by atoms with Crippen LogP contribution in [-0.4, -0.2) is 51.9 Å². The quantitative estimate of drug-likeness (QED) is 0.214. The van der Waals surface area contributed by atoms with Crippen molar-refractivity contribution in [3.63, 3.8) is 0 Å². The second kappa shape index (κ2) is 11.2. The van der Waals surface area contributed by atoms with Crippen molar-refractivity contribution in [1.29, 1.82) is 0 Å². The highest BCUT2D eigenvalue weighted by Gasteiger charge is 2.25. The zero-order valence-electron chi connectivity index (χ0n) is 19.1. The Morgan fingerprint density at radius 1 is 0.838 bits per heavy atom. The molecule has 0 spiro atoms. The minimum atomic E-state index is -0.838. The van der Waals surface area contributed by atoms with E-state index in [2.05, 4.69) is 35.6 Å². The van der Waals surface area contributed by atoms with Gasteiger partial charge in [0.25, 0.3) is 11.6 Å². The molecule has 0 aliphatic rings. The summed E-state index contributed by atoms with van der Waals surface area (Å²) in [6, 6.07) is 8.56. The number of ether oxygens (including phenoxy) is 2. The van der Waals surface area contributed by atoms with Gasteiger partial charge in [-0.2, -0.15) is 0 Å². The normalized spacial score (nSPS) is 10.1. The first kappa shape index (κ1) is 25.9. The SMILES string of the molecule is COC(=O)c1cc(Nc2ncnc(NNC(=O)c3cccc([N+](=O)[O-])c3)c2[N+](=O)[O-])cc(C(=O)OC)c1. The number of aromatic nitrogens is 2. The van der Waals surface area contributed by atoms with E-state index in [0.717, 1.165) is 26.6 Å². The van der Waals surface area contributed by atoms with E-state index in [-0.39, 0.29) is 33.9 Å². The highest BCUT2D eigenvalue weighted by Crippen LogP contribution is 2.31. The molecule has 1 amide bonds. The number of anilines is 3. The number of nitrogens with zero attached hydrogens (tertiary/aromatic N) is 4. The van der Waals surface area contributed by atoms with Crippen LogP contribution in [0.3, 0.4) is 0 Å². The fourth-order valence-electron chi connectivity index (χ4n) is 2.99. The number of amides is 1. The van der Waals surface area contributed by atoms with Gasteiger partial charge in [0.2, 0.25) is 11.6 Å². The van der Waals surface area contributed by atoms with Gasteiger partial charge in [-0.15, -0.1) is 0 Å². The number of rotatable bonds is 9. The zero-order valence-corrected chi connectivity index (χ0v) is 19.1. The summed E-state index contributed by atoms with van der Waals surface area (Å²) in [5, 5.41) is 25.4. The lowest BCUT2D eigenvalue weighted by Crippen LogP contribution is -2.30. The van der Waals surface area contributed by atoms with Gasteiger partial charge in [-0.3, -0.25) is 35.9 Å². The van der Waals surface area contributed by atoms with E-state index in [1.165, 1.54) is 36.4 Å². The van der Waals surface area contributed by atoms with E-state index < -0.39 is 39.2 Å². The standard InChI is InChI=1S/C21H17N7O9/c1-36-20(30)12-6-13(21(31)37-2)8-14(7-12)24-17-16(28(34)35)18(23-10-22-17)25-26-19(29)11-4-3-5-15(9-11)27(32)33/h3-10H,1-2H3,(H,26,29)(H2,22,23,24,25). The largest absolute Gasteiger partial charge is 0.465 e. The number of hydrogen-bond acceptors (Lipinski definition) is 13. The zero-order chi connectivity index (χ0) is 27.1. The van der Waals surface area contributed by atoms with Crippen LogP contribution in [0.5, 0.6) is 0 Å². The van der Waals surface area contributed by atoms with Crippen LogP contribution in [0.2, 0.25) is 0 Å². The van der Waals surface area contributed by atoms with Crippen molar-refractivity contribution in [2.75, 3.05) is 25.0 Å². The van der Waals surface area contributed by atoms with Crippen molar-refractivity contribution in [2.45, 2.75) is 0 Å². The molecule has 190 valence electrons. The lowest BCUT2D eigenvalue weighted by molar-refractivity contribution is -0.384. The monoisotopic (exact) mass is 511 g/mol. The van der Waals surface area contributed by atoms with E-state index in [1.807, 2.05) is 0 Å². The predicted molar refractivity (Wildman–Crippen MR) is 125 cm³/mol. The number of nitro benzene ring substituents is 1. The molecule has 3 N–H and O–H groups in total. The van der Waals surface area contributed by atoms with Crippen LogP contribution in [0, 0.1) is 20.2 Å². The van der Waals surface area contributed by atoms with Crippen molar-refractivity contribution in [2.24, 2.45) is 0 Å². The molecule has 3 rings (SSSR count). The van der Waals surface area contributed by atoms with Gasteiger partial charge in [0, 0.05) is 23.4 Å². The average molecular weight is 511 g/mol. The Morgan fingerprint density at radius 2 is 1.46 bits per heavy atom.